The molecule has 0 radical (unpaired) electrons. The number of sulfone groups is 1. The molecule has 20 heavy (non-hydrogen) atoms. The molecule has 0 bridgehead atoms. The first-order valence-corrected chi connectivity index (χ1v) is 8.24. The Morgan fingerprint density at radius 3 is 2.65 bits per heavy atom. The first-order chi connectivity index (χ1) is 9.36. The Kier molecular flexibility index (Phi) is 4.52. The standard InChI is InChI=1S/C13H11Cl2NO3S/c1-20(17,18)11-4-2-3-10(5-11)19-8-9-7-16-13(15)6-12(9)14/h2-7H,8H2,1H3. The van der Waals surface area contributed by atoms with Crippen LogP contribution in [0, 0.1) is 0 Å². The van der Waals surface area contributed by atoms with Crippen LogP contribution in [0.25, 0.3) is 0 Å². The van der Waals surface area contributed by atoms with E-state index in [1.54, 1.807) is 12.1 Å². The summed E-state index contributed by atoms with van der Waals surface area (Å²) >= 11 is 11.7. The molecule has 1 aromatic carbocycles. The largest absolute Gasteiger partial charge is 0.489 e. The van der Waals surface area contributed by atoms with Crippen molar-refractivity contribution in [2.45, 2.75) is 11.5 Å². The highest BCUT2D eigenvalue weighted by atomic mass is 35.5. The van der Waals surface area contributed by atoms with Gasteiger partial charge in [-0.1, -0.05) is 29.3 Å². The molecule has 7 heteroatoms. The predicted octanol–water partition coefficient (Wildman–Crippen LogP) is 3.37. The van der Waals surface area contributed by atoms with Crippen molar-refractivity contribution in [1.82, 2.24) is 4.98 Å². The maximum Gasteiger partial charge on any atom is 0.175 e. The van der Waals surface area contributed by atoms with Crippen LogP contribution >= 0.6 is 23.2 Å². The smallest absolute Gasteiger partial charge is 0.175 e. The van der Waals surface area contributed by atoms with Crippen LogP contribution in [0.15, 0.2) is 41.4 Å². The Balaban J connectivity index is 2.15. The van der Waals surface area contributed by atoms with Gasteiger partial charge < -0.3 is 4.74 Å². The predicted molar refractivity (Wildman–Crippen MR) is 78.1 cm³/mol. The fourth-order valence-corrected chi connectivity index (χ4v) is 2.57. The summed E-state index contributed by atoms with van der Waals surface area (Å²) in [5.74, 6) is 0.443. The monoisotopic (exact) mass is 331 g/mol. The molecule has 106 valence electrons. The zero-order valence-electron chi connectivity index (χ0n) is 10.5. The molecule has 0 N–H and O–H groups in total. The Labute approximate surface area is 127 Å². The molecular formula is C13H11Cl2NO3S. The maximum absolute atomic E-state index is 11.4. The normalized spacial score (nSPS) is 11.3. The molecule has 0 saturated heterocycles. The van der Waals surface area contributed by atoms with Crippen LogP contribution < -0.4 is 4.74 Å². The van der Waals surface area contributed by atoms with Crippen LogP contribution in [0.1, 0.15) is 5.56 Å². The van der Waals surface area contributed by atoms with Crippen LogP contribution in [0.3, 0.4) is 0 Å². The van der Waals surface area contributed by atoms with Gasteiger partial charge in [0.25, 0.3) is 0 Å². The van der Waals surface area contributed by atoms with Crippen LogP contribution in [0.4, 0.5) is 0 Å². The number of pyridine rings is 1. The maximum atomic E-state index is 11.4. The van der Waals surface area contributed by atoms with E-state index >= 15 is 0 Å². The second kappa shape index (κ2) is 5.99. The van der Waals surface area contributed by atoms with Crippen molar-refractivity contribution in [3.63, 3.8) is 0 Å². The molecule has 4 nitrogen and oxygen atoms in total. The van der Waals surface area contributed by atoms with Gasteiger partial charge in [0.15, 0.2) is 9.84 Å². The Morgan fingerprint density at radius 1 is 1.25 bits per heavy atom. The summed E-state index contributed by atoms with van der Waals surface area (Å²) in [6.45, 7) is 0.177. The van der Waals surface area contributed by atoms with E-state index in [-0.39, 0.29) is 11.5 Å². The molecule has 0 fully saturated rings. The lowest BCUT2D eigenvalue weighted by Gasteiger charge is -2.08. The summed E-state index contributed by atoms with van der Waals surface area (Å²) in [6, 6.07) is 7.79. The Hall–Kier alpha value is -1.30. The van der Waals surface area contributed by atoms with Crippen LogP contribution in [0.2, 0.25) is 10.2 Å². The highest BCUT2D eigenvalue weighted by Gasteiger charge is 2.09. The van der Waals surface area contributed by atoms with Crippen molar-refractivity contribution in [3.8, 4) is 5.75 Å². The van der Waals surface area contributed by atoms with E-state index in [0.29, 0.717) is 21.5 Å². The van der Waals surface area contributed by atoms with Gasteiger partial charge in [0, 0.05) is 18.0 Å². The summed E-state index contributed by atoms with van der Waals surface area (Å²) in [5.41, 5.74) is 0.667. The van der Waals surface area contributed by atoms with E-state index in [1.165, 1.54) is 24.4 Å². The first kappa shape index (κ1) is 15.1. The number of hydrogen-bond acceptors (Lipinski definition) is 4. The third kappa shape index (κ3) is 3.85. The Morgan fingerprint density at radius 2 is 2.00 bits per heavy atom. The van der Waals surface area contributed by atoms with Gasteiger partial charge in [-0.15, -0.1) is 0 Å². The van der Waals surface area contributed by atoms with Gasteiger partial charge in [0.2, 0.25) is 0 Å². The van der Waals surface area contributed by atoms with Crippen molar-refractivity contribution in [2.24, 2.45) is 0 Å². The molecule has 0 aliphatic rings. The molecule has 0 amide bonds. The van der Waals surface area contributed by atoms with Crippen molar-refractivity contribution in [2.75, 3.05) is 6.26 Å². The number of ether oxygens (including phenoxy) is 1. The molecule has 0 spiro atoms. The van der Waals surface area contributed by atoms with Gasteiger partial charge >= 0.3 is 0 Å². The van der Waals surface area contributed by atoms with E-state index in [0.717, 1.165) is 6.26 Å². The minimum Gasteiger partial charge on any atom is -0.489 e. The molecule has 0 aliphatic carbocycles. The number of halogens is 2. The molecule has 0 atom stereocenters. The lowest BCUT2D eigenvalue weighted by Crippen LogP contribution is -2.00. The quantitative estimate of drug-likeness (QED) is 0.806. The van der Waals surface area contributed by atoms with Crippen LogP contribution in [0.5, 0.6) is 5.75 Å². The van der Waals surface area contributed by atoms with E-state index in [9.17, 15) is 8.42 Å². The molecule has 2 rings (SSSR count). The van der Waals surface area contributed by atoms with E-state index in [4.69, 9.17) is 27.9 Å². The van der Waals surface area contributed by atoms with Gasteiger partial charge in [-0.3, -0.25) is 0 Å². The summed E-state index contributed by atoms with van der Waals surface area (Å²) < 4.78 is 28.4. The lowest BCUT2D eigenvalue weighted by atomic mass is 10.3. The molecule has 1 aromatic heterocycles. The molecule has 0 unspecified atom stereocenters. The number of rotatable bonds is 4. The third-order valence-electron chi connectivity index (χ3n) is 2.52. The summed E-state index contributed by atoms with van der Waals surface area (Å²) in [6.07, 6.45) is 2.66. The van der Waals surface area contributed by atoms with E-state index in [1.807, 2.05) is 0 Å². The number of benzene rings is 1. The average molecular weight is 332 g/mol. The van der Waals surface area contributed by atoms with Gasteiger partial charge in [-0.25, -0.2) is 13.4 Å². The minimum atomic E-state index is -3.26. The van der Waals surface area contributed by atoms with Gasteiger partial charge in [0.1, 0.15) is 17.5 Å². The van der Waals surface area contributed by atoms with Crippen molar-refractivity contribution < 1.29 is 13.2 Å². The van der Waals surface area contributed by atoms with Crippen molar-refractivity contribution in [1.29, 1.82) is 0 Å². The first-order valence-electron chi connectivity index (χ1n) is 5.59. The van der Waals surface area contributed by atoms with Crippen LogP contribution in [-0.4, -0.2) is 19.7 Å². The lowest BCUT2D eigenvalue weighted by molar-refractivity contribution is 0.305. The highest BCUT2D eigenvalue weighted by molar-refractivity contribution is 7.90. The number of hydrogen-bond donors (Lipinski definition) is 0. The topological polar surface area (TPSA) is 56.3 Å². The van der Waals surface area contributed by atoms with Crippen molar-refractivity contribution >= 4 is 33.0 Å². The fraction of sp³-hybridized carbons (Fsp3) is 0.154. The van der Waals surface area contributed by atoms with Gasteiger partial charge in [0.05, 0.1) is 9.92 Å². The van der Waals surface area contributed by atoms with Crippen LogP contribution in [-0.2, 0) is 16.4 Å². The van der Waals surface area contributed by atoms with Gasteiger partial charge in [-0.05, 0) is 24.3 Å². The molecular weight excluding hydrogens is 321 g/mol. The second-order valence-electron chi connectivity index (χ2n) is 4.13. The van der Waals surface area contributed by atoms with Gasteiger partial charge in [-0.2, -0.15) is 0 Å². The molecule has 0 saturated carbocycles. The average Bonchev–Trinajstić information content (AvgIpc) is 2.37. The Bertz CT molecular complexity index is 732. The van der Waals surface area contributed by atoms with Crippen molar-refractivity contribution in [3.05, 3.63) is 52.3 Å². The van der Waals surface area contributed by atoms with E-state index in [2.05, 4.69) is 4.98 Å². The summed E-state index contributed by atoms with van der Waals surface area (Å²) in [7, 11) is -3.26. The molecule has 1 heterocycles. The second-order valence-corrected chi connectivity index (χ2v) is 6.94. The fourth-order valence-electron chi connectivity index (χ4n) is 1.50. The number of aromatic nitrogens is 1. The third-order valence-corrected chi connectivity index (χ3v) is 4.19. The molecule has 0 aliphatic heterocycles. The summed E-state index contributed by atoms with van der Waals surface area (Å²) in [4.78, 5) is 4.12. The van der Waals surface area contributed by atoms with E-state index < -0.39 is 9.84 Å². The number of nitrogens with zero attached hydrogens (tertiary/aromatic N) is 1. The zero-order valence-corrected chi connectivity index (χ0v) is 12.8. The SMILES string of the molecule is CS(=O)(=O)c1cccc(OCc2cnc(Cl)cc2Cl)c1. The summed E-state index contributed by atoms with van der Waals surface area (Å²) in [5, 5.41) is 0.752. The molecule has 2 aromatic rings. The highest BCUT2D eigenvalue weighted by Crippen LogP contribution is 2.22. The minimum absolute atomic E-state index is 0.177. The zero-order chi connectivity index (χ0) is 14.8.